The lowest BCUT2D eigenvalue weighted by Crippen LogP contribution is -2.26. The summed E-state index contributed by atoms with van der Waals surface area (Å²) in [5.74, 6) is 1.98. The highest BCUT2D eigenvalue weighted by molar-refractivity contribution is 6.20. The average molecular weight is 277 g/mol. The molecule has 0 saturated heterocycles. The van der Waals surface area contributed by atoms with Crippen LogP contribution in [0.15, 0.2) is 29.1 Å². The van der Waals surface area contributed by atoms with Crippen LogP contribution in [-0.2, 0) is 6.54 Å². The van der Waals surface area contributed by atoms with Crippen molar-refractivity contribution in [3.8, 4) is 0 Å². The number of nitrogens with zero attached hydrogens (tertiary/aromatic N) is 2. The van der Waals surface area contributed by atoms with Gasteiger partial charge in [-0.1, -0.05) is 19.1 Å². The minimum Gasteiger partial charge on any atom is -0.295 e. The fourth-order valence-electron chi connectivity index (χ4n) is 2.55. The molecule has 2 aromatic rings. The SMILES string of the molecule is CC(Cl)c1nc2ccccc2c(=O)n1CC1CC1C. The molecule has 0 radical (unpaired) electrons. The first-order chi connectivity index (χ1) is 9.08. The van der Waals surface area contributed by atoms with Gasteiger partial charge >= 0.3 is 0 Å². The zero-order chi connectivity index (χ0) is 13.6. The summed E-state index contributed by atoms with van der Waals surface area (Å²) in [5.41, 5.74) is 0.766. The quantitative estimate of drug-likeness (QED) is 0.806. The minimum absolute atomic E-state index is 0.0344. The fraction of sp³-hybridized carbons (Fsp3) is 0.467. The van der Waals surface area contributed by atoms with Crippen molar-refractivity contribution in [2.24, 2.45) is 11.8 Å². The van der Waals surface area contributed by atoms with Crippen LogP contribution in [0.3, 0.4) is 0 Å². The Morgan fingerprint density at radius 3 is 2.79 bits per heavy atom. The van der Waals surface area contributed by atoms with Crippen LogP contribution in [0.25, 0.3) is 10.9 Å². The lowest BCUT2D eigenvalue weighted by Gasteiger charge is -2.14. The van der Waals surface area contributed by atoms with Crippen molar-refractivity contribution in [3.05, 3.63) is 40.4 Å². The van der Waals surface area contributed by atoms with Crippen LogP contribution in [0, 0.1) is 11.8 Å². The first kappa shape index (κ1) is 12.7. The number of hydrogen-bond donors (Lipinski definition) is 0. The molecule has 19 heavy (non-hydrogen) atoms. The standard InChI is InChI=1S/C15H17ClN2O/c1-9-7-11(9)8-18-14(10(2)16)17-13-6-4-3-5-12(13)15(18)19/h3-6,9-11H,7-8H2,1-2H3. The van der Waals surface area contributed by atoms with E-state index in [1.54, 1.807) is 4.57 Å². The van der Waals surface area contributed by atoms with Crippen LogP contribution in [-0.4, -0.2) is 9.55 Å². The normalized spacial score (nSPS) is 23.5. The summed E-state index contributed by atoms with van der Waals surface area (Å²) in [6.07, 6.45) is 1.19. The lowest BCUT2D eigenvalue weighted by molar-refractivity contribution is 0.546. The van der Waals surface area contributed by atoms with Crippen LogP contribution in [0.2, 0.25) is 0 Å². The molecule has 1 aromatic heterocycles. The van der Waals surface area contributed by atoms with Gasteiger partial charge in [-0.3, -0.25) is 9.36 Å². The summed E-state index contributed by atoms with van der Waals surface area (Å²) in [6, 6.07) is 7.47. The third-order valence-corrected chi connectivity index (χ3v) is 4.14. The third-order valence-electron chi connectivity index (χ3n) is 3.94. The van der Waals surface area contributed by atoms with Crippen LogP contribution in [0.1, 0.15) is 31.5 Å². The predicted octanol–water partition coefficient (Wildman–Crippen LogP) is 3.35. The van der Waals surface area contributed by atoms with Gasteiger partial charge in [-0.2, -0.15) is 0 Å². The number of rotatable bonds is 3. The van der Waals surface area contributed by atoms with Gasteiger partial charge in [0.05, 0.1) is 16.3 Å². The monoisotopic (exact) mass is 276 g/mol. The Bertz CT molecular complexity index is 677. The van der Waals surface area contributed by atoms with Gasteiger partial charge in [0.15, 0.2) is 0 Å². The summed E-state index contributed by atoms with van der Waals surface area (Å²) in [4.78, 5) is 17.2. The smallest absolute Gasteiger partial charge is 0.261 e. The number of halogens is 1. The van der Waals surface area contributed by atoms with Gasteiger partial charge in [0.1, 0.15) is 5.82 Å². The molecule has 0 bridgehead atoms. The summed E-state index contributed by atoms with van der Waals surface area (Å²) in [6.45, 7) is 4.82. The van der Waals surface area contributed by atoms with E-state index in [0.29, 0.717) is 23.0 Å². The molecule has 1 fully saturated rings. The molecular weight excluding hydrogens is 260 g/mol. The molecule has 100 valence electrons. The second kappa shape index (κ2) is 4.64. The Hall–Kier alpha value is -1.35. The maximum atomic E-state index is 12.6. The van der Waals surface area contributed by atoms with Crippen LogP contribution in [0.4, 0.5) is 0 Å². The van der Waals surface area contributed by atoms with Crippen molar-refractivity contribution in [3.63, 3.8) is 0 Å². The Morgan fingerprint density at radius 1 is 1.47 bits per heavy atom. The molecule has 0 N–H and O–H groups in total. The maximum absolute atomic E-state index is 12.6. The van der Waals surface area contributed by atoms with E-state index < -0.39 is 0 Å². The Balaban J connectivity index is 2.18. The molecular formula is C15H17ClN2O. The molecule has 0 spiro atoms. The first-order valence-electron chi connectivity index (χ1n) is 6.71. The topological polar surface area (TPSA) is 34.9 Å². The highest BCUT2D eigenvalue weighted by Crippen LogP contribution is 2.39. The van der Waals surface area contributed by atoms with Crippen molar-refractivity contribution in [1.29, 1.82) is 0 Å². The molecule has 4 heteroatoms. The van der Waals surface area contributed by atoms with E-state index in [4.69, 9.17) is 11.6 Å². The zero-order valence-corrected chi connectivity index (χ0v) is 11.9. The third kappa shape index (κ3) is 2.27. The molecule has 3 unspecified atom stereocenters. The molecule has 0 amide bonds. The molecule has 3 atom stereocenters. The minimum atomic E-state index is -0.258. The summed E-state index contributed by atoms with van der Waals surface area (Å²) in [5, 5.41) is 0.420. The molecule has 1 heterocycles. The maximum Gasteiger partial charge on any atom is 0.261 e. The number of aromatic nitrogens is 2. The Labute approximate surface area is 117 Å². The van der Waals surface area contributed by atoms with Crippen molar-refractivity contribution >= 4 is 22.5 Å². The van der Waals surface area contributed by atoms with Gasteiger partial charge in [-0.05, 0) is 37.3 Å². The van der Waals surface area contributed by atoms with E-state index in [-0.39, 0.29) is 10.9 Å². The van der Waals surface area contributed by atoms with Crippen molar-refractivity contribution in [2.45, 2.75) is 32.2 Å². The number of benzene rings is 1. The second-order valence-electron chi connectivity index (χ2n) is 5.49. The van der Waals surface area contributed by atoms with E-state index >= 15 is 0 Å². The van der Waals surface area contributed by atoms with Gasteiger partial charge in [0.2, 0.25) is 0 Å². The molecule has 1 aliphatic rings. The van der Waals surface area contributed by atoms with E-state index in [2.05, 4.69) is 11.9 Å². The lowest BCUT2D eigenvalue weighted by atomic mass is 10.2. The Kier molecular flexibility index (Phi) is 3.09. The molecule has 3 rings (SSSR count). The average Bonchev–Trinajstić information content (AvgIpc) is 3.08. The highest BCUT2D eigenvalue weighted by Gasteiger charge is 2.34. The van der Waals surface area contributed by atoms with Gasteiger partial charge in [-0.15, -0.1) is 11.6 Å². The Morgan fingerprint density at radius 2 is 2.16 bits per heavy atom. The molecule has 3 nitrogen and oxygen atoms in total. The molecule has 0 aliphatic heterocycles. The number of para-hydroxylation sites is 1. The number of fused-ring (bicyclic) bond motifs is 1. The van der Waals surface area contributed by atoms with E-state index in [9.17, 15) is 4.79 Å². The number of alkyl halides is 1. The molecule has 1 aliphatic carbocycles. The predicted molar refractivity (Wildman–Crippen MR) is 77.5 cm³/mol. The number of hydrogen-bond acceptors (Lipinski definition) is 2. The first-order valence-corrected chi connectivity index (χ1v) is 7.15. The van der Waals surface area contributed by atoms with Gasteiger partial charge in [0, 0.05) is 6.54 Å². The van der Waals surface area contributed by atoms with Crippen LogP contribution >= 0.6 is 11.6 Å². The second-order valence-corrected chi connectivity index (χ2v) is 6.15. The highest BCUT2D eigenvalue weighted by atomic mass is 35.5. The zero-order valence-electron chi connectivity index (χ0n) is 11.1. The van der Waals surface area contributed by atoms with E-state index in [0.717, 1.165) is 12.1 Å². The van der Waals surface area contributed by atoms with Crippen molar-refractivity contribution in [1.82, 2.24) is 9.55 Å². The summed E-state index contributed by atoms with van der Waals surface area (Å²) >= 11 is 6.20. The van der Waals surface area contributed by atoms with E-state index in [1.165, 1.54) is 6.42 Å². The van der Waals surface area contributed by atoms with Crippen LogP contribution in [0.5, 0.6) is 0 Å². The largest absolute Gasteiger partial charge is 0.295 e. The van der Waals surface area contributed by atoms with Gasteiger partial charge < -0.3 is 0 Å². The van der Waals surface area contributed by atoms with Gasteiger partial charge in [0.25, 0.3) is 5.56 Å². The van der Waals surface area contributed by atoms with Crippen LogP contribution < -0.4 is 5.56 Å². The van der Waals surface area contributed by atoms with Crippen molar-refractivity contribution in [2.75, 3.05) is 0 Å². The molecule has 1 saturated carbocycles. The van der Waals surface area contributed by atoms with Crippen molar-refractivity contribution < 1.29 is 0 Å². The fourth-order valence-corrected chi connectivity index (χ4v) is 2.72. The molecule has 1 aromatic carbocycles. The van der Waals surface area contributed by atoms with E-state index in [1.807, 2.05) is 31.2 Å². The van der Waals surface area contributed by atoms with Gasteiger partial charge in [-0.25, -0.2) is 4.98 Å². The summed E-state index contributed by atoms with van der Waals surface area (Å²) < 4.78 is 1.77. The summed E-state index contributed by atoms with van der Waals surface area (Å²) in [7, 11) is 0.